The van der Waals surface area contributed by atoms with Crippen LogP contribution in [0.5, 0.6) is 5.75 Å². The molecule has 1 heterocycles. The third kappa shape index (κ3) is 5.20. The summed E-state index contributed by atoms with van der Waals surface area (Å²) in [5.74, 6) is 0.0117. The summed E-state index contributed by atoms with van der Waals surface area (Å²) in [6, 6.07) is 13.6. The minimum Gasteiger partial charge on any atom is -0.491 e. The Kier molecular flexibility index (Phi) is 8.47. The van der Waals surface area contributed by atoms with Gasteiger partial charge in [-0.2, -0.15) is 0 Å². The number of hydrogen-bond donors (Lipinski definition) is 2. The van der Waals surface area contributed by atoms with Crippen LogP contribution in [-0.4, -0.2) is 51.5 Å². The van der Waals surface area contributed by atoms with Gasteiger partial charge in [-0.25, -0.2) is 0 Å². The molecule has 178 valence electrons. The number of carbonyl (C=O) groups is 2. The van der Waals surface area contributed by atoms with Crippen LogP contribution in [-0.2, 0) is 14.9 Å². The number of carbonyl (C=O) groups excluding carboxylic acids is 2. The molecule has 0 fully saturated rings. The molecule has 2 amide bonds. The Hall–Kier alpha value is -2.90. The first-order valence-corrected chi connectivity index (χ1v) is 11.6. The standard InChI is InChI=1S/C26H34N2O5/c1-5-26(19-11-9-8-10-12-19)17-33-23-20(25(30)27-4)15-18(16-21(23)26)24(29)28-14-13-22(31-6-2)32-7-3/h8-12,15-16,22H,5-7,13-14,17H2,1-4H3,(H,27,30)(H,28,29). The van der Waals surface area contributed by atoms with E-state index in [1.807, 2.05) is 38.1 Å². The van der Waals surface area contributed by atoms with Crippen molar-refractivity contribution in [1.29, 1.82) is 0 Å². The summed E-state index contributed by atoms with van der Waals surface area (Å²) in [6.07, 6.45) is 0.945. The minimum atomic E-state index is -0.426. The quantitative estimate of drug-likeness (QED) is 0.506. The predicted octanol–water partition coefficient (Wildman–Crippen LogP) is 3.65. The van der Waals surface area contributed by atoms with Crippen molar-refractivity contribution in [1.82, 2.24) is 10.6 Å². The molecule has 1 unspecified atom stereocenters. The zero-order valence-electron chi connectivity index (χ0n) is 19.9. The molecule has 0 bridgehead atoms. The van der Waals surface area contributed by atoms with E-state index >= 15 is 0 Å². The van der Waals surface area contributed by atoms with Crippen molar-refractivity contribution in [3.63, 3.8) is 0 Å². The SMILES string of the molecule is CCOC(CCNC(=O)c1cc(C(=O)NC)c2c(c1)C(CC)(c1ccccc1)CO2)OCC. The second-order valence-electron chi connectivity index (χ2n) is 7.95. The summed E-state index contributed by atoms with van der Waals surface area (Å²) in [7, 11) is 1.57. The highest BCUT2D eigenvalue weighted by atomic mass is 16.7. The van der Waals surface area contributed by atoms with Gasteiger partial charge in [0, 0.05) is 44.4 Å². The molecule has 33 heavy (non-hydrogen) atoms. The van der Waals surface area contributed by atoms with E-state index in [0.717, 1.165) is 17.5 Å². The number of benzene rings is 2. The molecule has 7 heteroatoms. The van der Waals surface area contributed by atoms with Crippen molar-refractivity contribution in [2.24, 2.45) is 0 Å². The van der Waals surface area contributed by atoms with Crippen LogP contribution in [0, 0.1) is 0 Å². The average molecular weight is 455 g/mol. The van der Waals surface area contributed by atoms with Gasteiger partial charge in [0.25, 0.3) is 11.8 Å². The topological polar surface area (TPSA) is 85.9 Å². The first-order chi connectivity index (χ1) is 16.0. The number of amides is 2. The Bertz CT molecular complexity index is 957. The lowest BCUT2D eigenvalue weighted by molar-refractivity contribution is -0.138. The molecule has 0 saturated heterocycles. The van der Waals surface area contributed by atoms with Gasteiger partial charge in [0.05, 0.1) is 11.0 Å². The molecule has 2 N–H and O–H groups in total. The van der Waals surface area contributed by atoms with E-state index in [4.69, 9.17) is 14.2 Å². The summed E-state index contributed by atoms with van der Waals surface area (Å²) in [4.78, 5) is 25.8. The number of hydrogen-bond acceptors (Lipinski definition) is 5. The van der Waals surface area contributed by atoms with Gasteiger partial charge in [-0.05, 0) is 38.0 Å². The smallest absolute Gasteiger partial charge is 0.254 e. The first-order valence-electron chi connectivity index (χ1n) is 11.6. The summed E-state index contributed by atoms with van der Waals surface area (Å²) in [6.45, 7) is 7.80. The summed E-state index contributed by atoms with van der Waals surface area (Å²) in [5.41, 5.74) is 2.33. The third-order valence-electron chi connectivity index (χ3n) is 6.10. The molecule has 2 aromatic carbocycles. The van der Waals surface area contributed by atoms with Crippen molar-refractivity contribution in [2.45, 2.75) is 45.3 Å². The van der Waals surface area contributed by atoms with E-state index in [1.54, 1.807) is 13.1 Å². The van der Waals surface area contributed by atoms with Crippen LogP contribution in [0.4, 0.5) is 0 Å². The fraction of sp³-hybridized carbons (Fsp3) is 0.462. The lowest BCUT2D eigenvalue weighted by Crippen LogP contribution is -2.31. The van der Waals surface area contributed by atoms with E-state index in [0.29, 0.717) is 49.7 Å². The Morgan fingerprint density at radius 1 is 1.06 bits per heavy atom. The molecular weight excluding hydrogens is 420 g/mol. The third-order valence-corrected chi connectivity index (χ3v) is 6.10. The van der Waals surface area contributed by atoms with Gasteiger partial charge in [0.15, 0.2) is 6.29 Å². The van der Waals surface area contributed by atoms with E-state index < -0.39 is 5.41 Å². The average Bonchev–Trinajstić information content (AvgIpc) is 3.23. The van der Waals surface area contributed by atoms with Gasteiger partial charge >= 0.3 is 0 Å². The van der Waals surface area contributed by atoms with Crippen molar-refractivity contribution < 1.29 is 23.8 Å². The first kappa shape index (κ1) is 24.7. The summed E-state index contributed by atoms with van der Waals surface area (Å²) < 4.78 is 17.2. The highest BCUT2D eigenvalue weighted by molar-refractivity contribution is 6.02. The van der Waals surface area contributed by atoms with Crippen LogP contribution in [0.2, 0.25) is 0 Å². The van der Waals surface area contributed by atoms with Gasteiger partial charge < -0.3 is 24.8 Å². The van der Waals surface area contributed by atoms with Crippen LogP contribution in [0.1, 0.15) is 65.5 Å². The second kappa shape index (κ2) is 11.3. The van der Waals surface area contributed by atoms with Gasteiger partial charge in [0.2, 0.25) is 0 Å². The maximum atomic E-state index is 13.1. The van der Waals surface area contributed by atoms with Crippen molar-refractivity contribution in [2.75, 3.05) is 33.4 Å². The molecule has 2 aromatic rings. The number of rotatable bonds is 11. The number of ether oxygens (including phenoxy) is 3. The van der Waals surface area contributed by atoms with Gasteiger partial charge in [-0.1, -0.05) is 37.3 Å². The van der Waals surface area contributed by atoms with Crippen molar-refractivity contribution in [3.05, 3.63) is 64.7 Å². The molecule has 3 rings (SSSR count). The zero-order chi connectivity index (χ0) is 23.8. The Labute approximate surface area is 195 Å². The summed E-state index contributed by atoms with van der Waals surface area (Å²) in [5, 5.41) is 5.60. The lowest BCUT2D eigenvalue weighted by atomic mass is 9.73. The molecule has 1 aliphatic rings. The fourth-order valence-corrected chi connectivity index (χ4v) is 4.33. The Morgan fingerprint density at radius 3 is 2.36 bits per heavy atom. The molecule has 0 spiro atoms. The Balaban J connectivity index is 1.93. The number of nitrogens with one attached hydrogen (secondary N) is 2. The highest BCUT2D eigenvalue weighted by Gasteiger charge is 2.43. The minimum absolute atomic E-state index is 0.250. The predicted molar refractivity (Wildman–Crippen MR) is 127 cm³/mol. The number of fused-ring (bicyclic) bond motifs is 1. The van der Waals surface area contributed by atoms with Crippen LogP contribution in [0.3, 0.4) is 0 Å². The molecule has 1 aliphatic heterocycles. The van der Waals surface area contributed by atoms with E-state index in [9.17, 15) is 9.59 Å². The molecule has 1 atom stereocenters. The van der Waals surface area contributed by atoms with E-state index in [1.165, 1.54) is 0 Å². The normalized spacial score (nSPS) is 16.9. The maximum Gasteiger partial charge on any atom is 0.254 e. The molecule has 0 aliphatic carbocycles. The molecule has 7 nitrogen and oxygen atoms in total. The van der Waals surface area contributed by atoms with Crippen molar-refractivity contribution >= 4 is 11.8 Å². The van der Waals surface area contributed by atoms with Crippen LogP contribution >= 0.6 is 0 Å². The van der Waals surface area contributed by atoms with E-state index in [2.05, 4.69) is 29.7 Å². The van der Waals surface area contributed by atoms with E-state index in [-0.39, 0.29) is 18.1 Å². The lowest BCUT2D eigenvalue weighted by Gasteiger charge is -2.27. The molecular formula is C26H34N2O5. The second-order valence-corrected chi connectivity index (χ2v) is 7.95. The fourth-order valence-electron chi connectivity index (χ4n) is 4.33. The van der Waals surface area contributed by atoms with Gasteiger partial charge in [0.1, 0.15) is 12.4 Å². The molecule has 0 radical (unpaired) electrons. The monoisotopic (exact) mass is 454 g/mol. The van der Waals surface area contributed by atoms with Gasteiger partial charge in [-0.3, -0.25) is 9.59 Å². The zero-order valence-corrected chi connectivity index (χ0v) is 19.9. The maximum absolute atomic E-state index is 13.1. The summed E-state index contributed by atoms with van der Waals surface area (Å²) >= 11 is 0. The van der Waals surface area contributed by atoms with Crippen LogP contribution < -0.4 is 15.4 Å². The largest absolute Gasteiger partial charge is 0.491 e. The van der Waals surface area contributed by atoms with Gasteiger partial charge in [-0.15, -0.1) is 0 Å². The Morgan fingerprint density at radius 2 is 1.76 bits per heavy atom. The van der Waals surface area contributed by atoms with Crippen LogP contribution in [0.15, 0.2) is 42.5 Å². The molecule has 0 saturated carbocycles. The van der Waals surface area contributed by atoms with Crippen LogP contribution in [0.25, 0.3) is 0 Å². The molecule has 0 aromatic heterocycles. The highest BCUT2D eigenvalue weighted by Crippen LogP contribution is 2.47. The van der Waals surface area contributed by atoms with Crippen molar-refractivity contribution in [3.8, 4) is 5.75 Å².